The van der Waals surface area contributed by atoms with E-state index in [-0.39, 0.29) is 36.3 Å². The fourth-order valence-corrected chi connectivity index (χ4v) is 3.12. The highest BCUT2D eigenvalue weighted by molar-refractivity contribution is 7.98. The van der Waals surface area contributed by atoms with E-state index >= 15 is 0 Å². The van der Waals surface area contributed by atoms with Crippen molar-refractivity contribution in [3.63, 3.8) is 0 Å². The fraction of sp³-hybridized carbons (Fsp3) is 0.368. The lowest BCUT2D eigenvalue weighted by atomic mass is 10.2. The number of anilines is 2. The summed E-state index contributed by atoms with van der Waals surface area (Å²) < 4.78 is 10.2. The Morgan fingerprint density at radius 1 is 1.11 bits per heavy atom. The third kappa shape index (κ3) is 5.59. The molecule has 0 N–H and O–H groups in total. The Bertz CT molecular complexity index is 820. The molecule has 2 aromatic rings. The van der Waals surface area contributed by atoms with Gasteiger partial charge in [0.1, 0.15) is 10.7 Å². The first-order valence-electron chi connectivity index (χ1n) is 8.78. The van der Waals surface area contributed by atoms with Gasteiger partial charge in [-0.3, -0.25) is 4.79 Å². The minimum atomic E-state index is -0.618. The van der Waals surface area contributed by atoms with Gasteiger partial charge in [0.15, 0.2) is 11.0 Å². The van der Waals surface area contributed by atoms with Gasteiger partial charge in [0.2, 0.25) is 0 Å². The molecule has 0 aliphatic rings. The van der Waals surface area contributed by atoms with Gasteiger partial charge in [-0.05, 0) is 32.2 Å². The number of hydrogen-bond donors (Lipinski definition) is 0. The number of carbonyl (C=O) groups excluding carboxylic acids is 2. The summed E-state index contributed by atoms with van der Waals surface area (Å²) in [6, 6.07) is 9.30. The molecule has 0 bridgehead atoms. The maximum Gasteiger partial charge on any atom is 0.345 e. The molecule has 1 heterocycles. The molecule has 0 aliphatic carbocycles. The summed E-state index contributed by atoms with van der Waals surface area (Å²) in [5.74, 6) is -0.670. The normalized spacial score (nSPS) is 10.4. The minimum absolute atomic E-state index is 0.00451. The summed E-state index contributed by atoms with van der Waals surface area (Å²) in [5.41, 5.74) is 0.813. The van der Waals surface area contributed by atoms with Crippen molar-refractivity contribution in [1.82, 2.24) is 9.97 Å². The van der Waals surface area contributed by atoms with Crippen LogP contribution >= 0.6 is 23.4 Å². The Balaban J connectivity index is 2.55. The Kier molecular flexibility index (Phi) is 8.53. The van der Waals surface area contributed by atoms with Gasteiger partial charge < -0.3 is 14.4 Å². The van der Waals surface area contributed by atoms with Gasteiger partial charge >= 0.3 is 11.9 Å². The number of ether oxygens (including phenoxy) is 2. The first kappa shape index (κ1) is 22.0. The van der Waals surface area contributed by atoms with E-state index in [0.29, 0.717) is 17.6 Å². The van der Waals surface area contributed by atoms with Gasteiger partial charge in [-0.25, -0.2) is 14.8 Å². The summed E-state index contributed by atoms with van der Waals surface area (Å²) in [6.45, 7) is 4.19. The van der Waals surface area contributed by atoms with Crippen LogP contribution in [0.15, 0.2) is 35.5 Å². The number of thioether (sulfide) groups is 1. The van der Waals surface area contributed by atoms with Crippen molar-refractivity contribution in [2.24, 2.45) is 0 Å². The molecule has 7 nitrogen and oxygen atoms in total. The van der Waals surface area contributed by atoms with Crippen molar-refractivity contribution < 1.29 is 19.1 Å². The SMILES string of the molecule is CCOC(=O)CCN(c1ccccc1)c1nc(SC)nc(Cl)c1C(=O)OCC. The maximum absolute atomic E-state index is 12.6. The zero-order valence-electron chi connectivity index (χ0n) is 16.0. The van der Waals surface area contributed by atoms with Crippen LogP contribution in [0.3, 0.4) is 0 Å². The quantitative estimate of drug-likeness (QED) is 0.258. The highest BCUT2D eigenvalue weighted by Gasteiger charge is 2.26. The number of carbonyl (C=O) groups is 2. The monoisotopic (exact) mass is 423 g/mol. The van der Waals surface area contributed by atoms with Crippen LogP contribution in [0.1, 0.15) is 30.6 Å². The second kappa shape index (κ2) is 10.9. The molecule has 1 aromatic carbocycles. The first-order chi connectivity index (χ1) is 13.5. The zero-order valence-corrected chi connectivity index (χ0v) is 17.5. The summed E-state index contributed by atoms with van der Waals surface area (Å²) >= 11 is 7.60. The second-order valence-corrected chi connectivity index (χ2v) is 6.59. The molecule has 150 valence electrons. The van der Waals surface area contributed by atoms with E-state index in [1.54, 1.807) is 18.7 Å². The molecule has 0 saturated carbocycles. The van der Waals surface area contributed by atoms with Crippen LogP contribution in [0.5, 0.6) is 0 Å². The number of aromatic nitrogens is 2. The van der Waals surface area contributed by atoms with E-state index < -0.39 is 5.97 Å². The number of esters is 2. The lowest BCUT2D eigenvalue weighted by molar-refractivity contribution is -0.142. The van der Waals surface area contributed by atoms with Crippen LogP contribution in [0.2, 0.25) is 5.15 Å². The Morgan fingerprint density at radius 3 is 2.39 bits per heavy atom. The number of benzene rings is 1. The highest BCUT2D eigenvalue weighted by atomic mass is 35.5. The van der Waals surface area contributed by atoms with E-state index in [4.69, 9.17) is 21.1 Å². The van der Waals surface area contributed by atoms with E-state index in [2.05, 4.69) is 9.97 Å². The van der Waals surface area contributed by atoms with Crippen LogP contribution in [0.4, 0.5) is 11.5 Å². The standard InChI is InChI=1S/C19H22ClN3O4S/c1-4-26-14(24)11-12-23(13-9-7-6-8-10-13)17-15(18(25)27-5-2)16(20)21-19(22-17)28-3/h6-10H,4-5,11-12H2,1-3H3. The van der Waals surface area contributed by atoms with Gasteiger partial charge in [0.05, 0.1) is 19.6 Å². The van der Waals surface area contributed by atoms with Crippen LogP contribution in [-0.4, -0.2) is 47.9 Å². The Labute approximate surface area is 173 Å². The third-order valence-electron chi connectivity index (χ3n) is 3.66. The van der Waals surface area contributed by atoms with Crippen molar-refractivity contribution in [2.75, 3.05) is 30.9 Å². The molecule has 0 saturated heterocycles. The first-order valence-corrected chi connectivity index (χ1v) is 10.4. The zero-order chi connectivity index (χ0) is 20.5. The Hall–Kier alpha value is -2.32. The maximum atomic E-state index is 12.6. The van der Waals surface area contributed by atoms with Crippen molar-refractivity contribution in [3.05, 3.63) is 41.0 Å². The molecule has 0 atom stereocenters. The summed E-state index contributed by atoms with van der Waals surface area (Å²) in [5, 5.41) is 0.412. The van der Waals surface area contributed by atoms with Gasteiger partial charge in [0.25, 0.3) is 0 Å². The molecule has 28 heavy (non-hydrogen) atoms. The average molecular weight is 424 g/mol. The number of rotatable bonds is 9. The Morgan fingerprint density at radius 2 is 1.79 bits per heavy atom. The molecular weight excluding hydrogens is 402 g/mol. The molecular formula is C19H22ClN3O4S. The van der Waals surface area contributed by atoms with E-state index in [1.807, 2.05) is 36.6 Å². The molecule has 0 amide bonds. The van der Waals surface area contributed by atoms with E-state index in [0.717, 1.165) is 5.69 Å². The van der Waals surface area contributed by atoms with Gasteiger partial charge in [0, 0.05) is 12.2 Å². The van der Waals surface area contributed by atoms with Crippen molar-refractivity contribution >= 4 is 46.8 Å². The van der Waals surface area contributed by atoms with Crippen LogP contribution in [0, 0.1) is 0 Å². The number of hydrogen-bond acceptors (Lipinski definition) is 8. The molecule has 9 heteroatoms. The van der Waals surface area contributed by atoms with Gasteiger partial charge in [-0.2, -0.15) is 0 Å². The molecule has 0 spiro atoms. The highest BCUT2D eigenvalue weighted by Crippen LogP contribution is 2.32. The molecule has 0 fully saturated rings. The lowest BCUT2D eigenvalue weighted by Crippen LogP contribution is -2.26. The van der Waals surface area contributed by atoms with E-state index in [9.17, 15) is 9.59 Å². The minimum Gasteiger partial charge on any atom is -0.466 e. The summed E-state index contributed by atoms with van der Waals surface area (Å²) in [7, 11) is 0. The molecule has 1 aromatic heterocycles. The van der Waals surface area contributed by atoms with Gasteiger partial charge in [-0.1, -0.05) is 41.6 Å². The summed E-state index contributed by atoms with van der Waals surface area (Å²) in [6.07, 6.45) is 1.92. The van der Waals surface area contributed by atoms with E-state index in [1.165, 1.54) is 11.8 Å². The topological polar surface area (TPSA) is 81.6 Å². The third-order valence-corrected chi connectivity index (χ3v) is 4.48. The predicted octanol–water partition coefficient (Wildman–Crippen LogP) is 4.12. The number of halogens is 1. The largest absolute Gasteiger partial charge is 0.466 e. The smallest absolute Gasteiger partial charge is 0.345 e. The van der Waals surface area contributed by atoms with Crippen LogP contribution in [0.25, 0.3) is 0 Å². The molecule has 0 radical (unpaired) electrons. The van der Waals surface area contributed by atoms with Crippen LogP contribution in [-0.2, 0) is 14.3 Å². The molecule has 2 rings (SSSR count). The summed E-state index contributed by atoms with van der Waals surface area (Å²) in [4.78, 5) is 34.9. The average Bonchev–Trinajstić information content (AvgIpc) is 2.69. The van der Waals surface area contributed by atoms with Crippen molar-refractivity contribution in [2.45, 2.75) is 25.4 Å². The van der Waals surface area contributed by atoms with Gasteiger partial charge in [-0.15, -0.1) is 0 Å². The van der Waals surface area contributed by atoms with Crippen molar-refractivity contribution in [3.8, 4) is 0 Å². The second-order valence-electron chi connectivity index (χ2n) is 5.46. The number of para-hydroxylation sites is 1. The fourth-order valence-electron chi connectivity index (χ4n) is 2.47. The van der Waals surface area contributed by atoms with Crippen molar-refractivity contribution in [1.29, 1.82) is 0 Å². The van der Waals surface area contributed by atoms with Crippen LogP contribution < -0.4 is 4.90 Å². The predicted molar refractivity (Wildman–Crippen MR) is 109 cm³/mol. The molecule has 0 unspecified atom stereocenters. The lowest BCUT2D eigenvalue weighted by Gasteiger charge is -2.26. The molecule has 0 aliphatic heterocycles. The number of nitrogens with zero attached hydrogens (tertiary/aromatic N) is 3.